The first-order valence-electron chi connectivity index (χ1n) is 9.85. The molecule has 1 N–H and O–H groups in total. The van der Waals surface area contributed by atoms with Gasteiger partial charge in [0.15, 0.2) is 6.39 Å². The quantitative estimate of drug-likeness (QED) is 0.709. The Balaban J connectivity index is 1.53. The van der Waals surface area contributed by atoms with Crippen LogP contribution in [0.25, 0.3) is 0 Å². The number of aryl methyl sites for hydroxylation is 2. The molecule has 0 radical (unpaired) electrons. The molecule has 1 aromatic heterocycles. The fourth-order valence-electron chi connectivity index (χ4n) is 3.99. The Kier molecular flexibility index (Phi) is 5.87. The smallest absolute Gasteiger partial charge is 0.290 e. The number of allylic oxidation sites excluding steroid dienone is 1. The number of aromatic nitrogens is 1. The Morgan fingerprint density at radius 1 is 1.31 bits per heavy atom. The van der Waals surface area contributed by atoms with E-state index in [1.165, 1.54) is 12.0 Å². The summed E-state index contributed by atoms with van der Waals surface area (Å²) in [4.78, 5) is 28.1. The van der Waals surface area contributed by atoms with E-state index in [0.29, 0.717) is 4.91 Å². The second-order valence-electron chi connectivity index (χ2n) is 7.71. The van der Waals surface area contributed by atoms with Crippen molar-refractivity contribution >= 4 is 22.9 Å². The highest BCUT2D eigenvalue weighted by Gasteiger charge is 2.30. The van der Waals surface area contributed by atoms with Crippen molar-refractivity contribution in [3.05, 3.63) is 64.2 Å². The molecule has 4 rings (SSSR count). The van der Waals surface area contributed by atoms with Crippen LogP contribution in [0.5, 0.6) is 0 Å². The second kappa shape index (κ2) is 8.55. The minimum atomic E-state index is -0.300. The monoisotopic (exact) mass is 412 g/mol. The predicted octanol–water partition coefficient (Wildman–Crippen LogP) is 4.82. The number of amides is 2. The first-order valence-corrected chi connectivity index (χ1v) is 10.7. The SMILES string of the molecule is Cc1ccc(C)c(C(O[C@@H]2CCC[C@H](/C=C3/SC(=O)NC3=O)C2)c2cocn2)c1. The number of nitrogens with one attached hydrogen (secondary N) is 1. The van der Waals surface area contributed by atoms with Crippen molar-refractivity contribution in [2.75, 3.05) is 0 Å². The first-order chi connectivity index (χ1) is 14.0. The molecule has 3 atom stereocenters. The lowest BCUT2D eigenvalue weighted by Crippen LogP contribution is -2.25. The first kappa shape index (κ1) is 19.9. The zero-order valence-electron chi connectivity index (χ0n) is 16.5. The molecule has 2 aliphatic rings. The van der Waals surface area contributed by atoms with E-state index in [0.717, 1.165) is 54.3 Å². The maximum Gasteiger partial charge on any atom is 0.290 e. The third-order valence-electron chi connectivity index (χ3n) is 5.46. The topological polar surface area (TPSA) is 81.4 Å². The number of benzene rings is 1. The lowest BCUT2D eigenvalue weighted by molar-refractivity contribution is -0.115. The highest BCUT2D eigenvalue weighted by molar-refractivity contribution is 8.18. The number of thioether (sulfide) groups is 1. The van der Waals surface area contributed by atoms with Gasteiger partial charge < -0.3 is 9.15 Å². The van der Waals surface area contributed by atoms with Gasteiger partial charge >= 0.3 is 0 Å². The molecule has 2 fully saturated rings. The summed E-state index contributed by atoms with van der Waals surface area (Å²) in [6.07, 6.45) is 8.51. The maximum absolute atomic E-state index is 11.9. The molecule has 1 aromatic carbocycles. The molecule has 6 nitrogen and oxygen atoms in total. The van der Waals surface area contributed by atoms with Crippen LogP contribution in [0.4, 0.5) is 4.79 Å². The molecular formula is C22H24N2O4S. The number of carbonyl (C=O) groups excluding carboxylic acids is 2. The van der Waals surface area contributed by atoms with E-state index in [2.05, 4.69) is 42.3 Å². The zero-order valence-corrected chi connectivity index (χ0v) is 17.3. The maximum atomic E-state index is 11.9. The third kappa shape index (κ3) is 4.62. The van der Waals surface area contributed by atoms with Gasteiger partial charge in [-0.1, -0.05) is 36.3 Å². The van der Waals surface area contributed by atoms with Crippen molar-refractivity contribution in [1.29, 1.82) is 0 Å². The molecule has 2 heterocycles. The Morgan fingerprint density at radius 3 is 2.90 bits per heavy atom. The Bertz CT molecular complexity index is 938. The minimum absolute atomic E-state index is 0.0392. The summed E-state index contributed by atoms with van der Waals surface area (Å²) < 4.78 is 11.8. The van der Waals surface area contributed by atoms with E-state index in [1.807, 2.05) is 6.08 Å². The molecule has 1 saturated carbocycles. The normalized spacial score (nSPS) is 24.7. The molecule has 1 aliphatic carbocycles. The zero-order chi connectivity index (χ0) is 20.4. The van der Waals surface area contributed by atoms with Crippen LogP contribution in [0, 0.1) is 19.8 Å². The molecule has 1 saturated heterocycles. The van der Waals surface area contributed by atoms with Crippen LogP contribution in [0.15, 0.2) is 46.3 Å². The van der Waals surface area contributed by atoms with E-state index >= 15 is 0 Å². The van der Waals surface area contributed by atoms with Crippen LogP contribution in [0.2, 0.25) is 0 Å². The summed E-state index contributed by atoms with van der Waals surface area (Å²) in [6, 6.07) is 6.33. The van der Waals surface area contributed by atoms with Gasteiger partial charge in [-0.25, -0.2) is 4.98 Å². The average molecular weight is 413 g/mol. The van der Waals surface area contributed by atoms with E-state index in [-0.39, 0.29) is 29.3 Å². The number of ether oxygens (including phenoxy) is 1. The van der Waals surface area contributed by atoms with Crippen molar-refractivity contribution in [2.45, 2.75) is 51.7 Å². The van der Waals surface area contributed by atoms with Gasteiger partial charge in [0.25, 0.3) is 11.1 Å². The van der Waals surface area contributed by atoms with Crippen molar-refractivity contribution in [3.63, 3.8) is 0 Å². The highest BCUT2D eigenvalue weighted by Crippen LogP contribution is 2.36. The number of hydrogen-bond acceptors (Lipinski definition) is 6. The van der Waals surface area contributed by atoms with Crippen molar-refractivity contribution < 1.29 is 18.7 Å². The molecule has 29 heavy (non-hydrogen) atoms. The standard InChI is InChI=1S/C22H24N2O4S/c1-13-6-7-14(2)17(8-13)20(18-11-27-12-23-18)28-16-5-3-4-15(9-16)10-19-21(25)24-22(26)29-19/h6-8,10-12,15-16,20H,3-5,9H2,1-2H3,(H,24,25,26)/b19-10+/t15-,16+,20?/m0/s1. The van der Waals surface area contributed by atoms with Gasteiger partial charge in [-0.15, -0.1) is 0 Å². The Labute approximate surface area is 174 Å². The van der Waals surface area contributed by atoms with Crippen LogP contribution in [0.1, 0.15) is 54.2 Å². The Hall–Kier alpha value is -2.38. The fourth-order valence-corrected chi connectivity index (χ4v) is 4.74. The van der Waals surface area contributed by atoms with Gasteiger partial charge in [0.2, 0.25) is 0 Å². The van der Waals surface area contributed by atoms with Crippen LogP contribution in [-0.4, -0.2) is 22.2 Å². The summed E-state index contributed by atoms with van der Waals surface area (Å²) in [6.45, 7) is 4.14. The van der Waals surface area contributed by atoms with E-state index in [1.54, 1.807) is 6.26 Å². The number of imide groups is 1. The van der Waals surface area contributed by atoms with E-state index < -0.39 is 0 Å². The van der Waals surface area contributed by atoms with Gasteiger partial charge in [0, 0.05) is 0 Å². The van der Waals surface area contributed by atoms with Gasteiger partial charge in [-0.2, -0.15) is 0 Å². The molecule has 7 heteroatoms. The van der Waals surface area contributed by atoms with Gasteiger partial charge in [0.05, 0.1) is 11.0 Å². The second-order valence-corrected chi connectivity index (χ2v) is 8.73. The summed E-state index contributed by atoms with van der Waals surface area (Å²) in [5.74, 6) is -0.0802. The van der Waals surface area contributed by atoms with Crippen LogP contribution in [-0.2, 0) is 9.53 Å². The fraction of sp³-hybridized carbons (Fsp3) is 0.409. The van der Waals surface area contributed by atoms with Gasteiger partial charge in [-0.3, -0.25) is 14.9 Å². The summed E-state index contributed by atoms with van der Waals surface area (Å²) in [7, 11) is 0. The summed E-state index contributed by atoms with van der Waals surface area (Å²) in [5, 5.41) is 2.02. The minimum Gasteiger partial charge on any atom is -0.451 e. The lowest BCUT2D eigenvalue weighted by Gasteiger charge is -2.31. The number of rotatable bonds is 5. The van der Waals surface area contributed by atoms with Gasteiger partial charge in [-0.05, 0) is 61.9 Å². The average Bonchev–Trinajstić information content (AvgIpc) is 3.32. The lowest BCUT2D eigenvalue weighted by atomic mass is 9.86. The molecule has 2 amide bonds. The molecular weight excluding hydrogens is 388 g/mol. The van der Waals surface area contributed by atoms with Crippen LogP contribution >= 0.6 is 11.8 Å². The largest absolute Gasteiger partial charge is 0.451 e. The summed E-state index contributed by atoms with van der Waals surface area (Å²) >= 11 is 0.979. The predicted molar refractivity (Wildman–Crippen MR) is 110 cm³/mol. The number of nitrogens with zero attached hydrogens (tertiary/aromatic N) is 1. The number of oxazole rings is 1. The van der Waals surface area contributed by atoms with E-state index in [9.17, 15) is 9.59 Å². The van der Waals surface area contributed by atoms with Crippen LogP contribution in [0.3, 0.4) is 0 Å². The molecule has 0 spiro atoms. The number of hydrogen-bond donors (Lipinski definition) is 1. The number of carbonyl (C=O) groups is 2. The molecule has 1 unspecified atom stereocenters. The van der Waals surface area contributed by atoms with Crippen molar-refractivity contribution in [2.24, 2.45) is 5.92 Å². The van der Waals surface area contributed by atoms with Gasteiger partial charge in [0.1, 0.15) is 18.1 Å². The third-order valence-corrected chi connectivity index (χ3v) is 6.29. The molecule has 0 bridgehead atoms. The molecule has 1 aliphatic heterocycles. The van der Waals surface area contributed by atoms with Crippen LogP contribution < -0.4 is 5.32 Å². The Morgan fingerprint density at radius 2 is 2.17 bits per heavy atom. The molecule has 152 valence electrons. The summed E-state index contributed by atoms with van der Waals surface area (Å²) in [5.41, 5.74) is 4.17. The van der Waals surface area contributed by atoms with Crippen molar-refractivity contribution in [3.8, 4) is 0 Å². The molecule has 2 aromatic rings. The van der Waals surface area contributed by atoms with Crippen molar-refractivity contribution in [1.82, 2.24) is 10.3 Å². The van der Waals surface area contributed by atoms with E-state index in [4.69, 9.17) is 9.15 Å². The highest BCUT2D eigenvalue weighted by atomic mass is 32.2.